The number of carbonyl (C=O) groups is 2. The van der Waals surface area contributed by atoms with Crippen molar-refractivity contribution in [1.29, 1.82) is 0 Å². The van der Waals surface area contributed by atoms with Crippen molar-refractivity contribution in [2.75, 3.05) is 24.5 Å². The second-order valence-electron chi connectivity index (χ2n) is 8.65. The van der Waals surface area contributed by atoms with Gasteiger partial charge in [0.15, 0.2) is 0 Å². The lowest BCUT2D eigenvalue weighted by atomic mass is 10.1. The Balaban J connectivity index is 2.04. The smallest absolute Gasteiger partial charge is 0.264 e. The van der Waals surface area contributed by atoms with E-state index in [-0.39, 0.29) is 22.7 Å². The van der Waals surface area contributed by atoms with Crippen LogP contribution in [0, 0.1) is 12.7 Å². The van der Waals surface area contributed by atoms with Crippen LogP contribution in [-0.2, 0) is 26.2 Å². The first-order valence-corrected chi connectivity index (χ1v) is 13.6. The number of hydrogen-bond donors (Lipinski definition) is 1. The number of ether oxygens (including phenoxy) is 1. The van der Waals surface area contributed by atoms with Gasteiger partial charge in [-0.25, -0.2) is 12.8 Å². The number of anilines is 1. The molecule has 1 N–H and O–H groups in total. The van der Waals surface area contributed by atoms with Crippen molar-refractivity contribution in [1.82, 2.24) is 10.2 Å². The Kier molecular flexibility index (Phi) is 9.46. The van der Waals surface area contributed by atoms with Gasteiger partial charge in [0, 0.05) is 19.2 Å². The van der Waals surface area contributed by atoms with Gasteiger partial charge in [0.25, 0.3) is 10.0 Å². The Labute approximate surface area is 223 Å². The maximum atomic E-state index is 14.5. The average Bonchev–Trinajstić information content (AvgIpc) is 2.91. The number of benzene rings is 3. The SMILES string of the molecule is CCOc1ccc(N(CC(=O)N(Cc2ccccc2F)C(C)C(=O)NC)S(=O)(=O)c2ccc(C)cc2)cc1. The highest BCUT2D eigenvalue weighted by Crippen LogP contribution is 2.27. The largest absolute Gasteiger partial charge is 0.494 e. The van der Waals surface area contributed by atoms with E-state index in [0.29, 0.717) is 12.4 Å². The van der Waals surface area contributed by atoms with Crippen LogP contribution in [0.3, 0.4) is 0 Å². The van der Waals surface area contributed by atoms with Crippen LogP contribution in [0.25, 0.3) is 0 Å². The van der Waals surface area contributed by atoms with Crippen molar-refractivity contribution in [2.24, 2.45) is 0 Å². The van der Waals surface area contributed by atoms with Crippen molar-refractivity contribution in [2.45, 2.75) is 38.3 Å². The molecule has 10 heteroatoms. The normalized spacial score (nSPS) is 11.9. The number of likely N-dealkylation sites (N-methyl/N-ethyl adjacent to an activating group) is 1. The zero-order valence-corrected chi connectivity index (χ0v) is 22.7. The second kappa shape index (κ2) is 12.6. The Hall–Kier alpha value is -3.92. The summed E-state index contributed by atoms with van der Waals surface area (Å²) in [7, 11) is -2.76. The van der Waals surface area contributed by atoms with E-state index in [1.165, 1.54) is 49.2 Å². The van der Waals surface area contributed by atoms with E-state index in [4.69, 9.17) is 4.74 Å². The molecule has 0 bridgehead atoms. The predicted molar refractivity (Wildman–Crippen MR) is 144 cm³/mol. The third-order valence-corrected chi connectivity index (χ3v) is 7.82. The summed E-state index contributed by atoms with van der Waals surface area (Å²) in [4.78, 5) is 27.4. The van der Waals surface area contributed by atoms with E-state index in [0.717, 1.165) is 9.87 Å². The minimum Gasteiger partial charge on any atom is -0.494 e. The van der Waals surface area contributed by atoms with Crippen molar-refractivity contribution < 1.29 is 27.1 Å². The molecule has 0 aliphatic rings. The fraction of sp³-hybridized carbons (Fsp3) is 0.286. The number of carbonyl (C=O) groups excluding carboxylic acids is 2. The van der Waals surface area contributed by atoms with Crippen LogP contribution in [0.1, 0.15) is 25.0 Å². The molecule has 0 radical (unpaired) electrons. The molecule has 38 heavy (non-hydrogen) atoms. The van der Waals surface area contributed by atoms with E-state index in [9.17, 15) is 22.4 Å². The summed E-state index contributed by atoms with van der Waals surface area (Å²) in [6, 6.07) is 17.5. The van der Waals surface area contributed by atoms with Crippen LogP contribution in [0.15, 0.2) is 77.7 Å². The van der Waals surface area contributed by atoms with Gasteiger partial charge in [0.1, 0.15) is 24.2 Å². The molecule has 1 unspecified atom stereocenters. The minimum absolute atomic E-state index is 0.00443. The molecule has 3 rings (SSSR count). The average molecular weight is 542 g/mol. The lowest BCUT2D eigenvalue weighted by molar-refractivity contribution is -0.139. The van der Waals surface area contributed by atoms with Gasteiger partial charge in [-0.05, 0) is 63.2 Å². The summed E-state index contributed by atoms with van der Waals surface area (Å²) in [5, 5.41) is 2.49. The molecular formula is C28H32FN3O5S. The van der Waals surface area contributed by atoms with E-state index in [2.05, 4.69) is 5.32 Å². The highest BCUT2D eigenvalue weighted by molar-refractivity contribution is 7.92. The molecule has 0 saturated heterocycles. The molecule has 0 aromatic heterocycles. The molecule has 0 spiro atoms. The molecule has 0 aliphatic heterocycles. The number of rotatable bonds is 11. The summed E-state index contributed by atoms with van der Waals surface area (Å²) >= 11 is 0. The van der Waals surface area contributed by atoms with Crippen LogP contribution in [0.5, 0.6) is 5.75 Å². The molecule has 0 fully saturated rings. The molecule has 2 amide bonds. The Morgan fingerprint density at radius 2 is 1.63 bits per heavy atom. The number of hydrogen-bond acceptors (Lipinski definition) is 5. The molecule has 3 aromatic carbocycles. The number of nitrogens with one attached hydrogen (secondary N) is 1. The van der Waals surface area contributed by atoms with Gasteiger partial charge in [-0.1, -0.05) is 35.9 Å². The van der Waals surface area contributed by atoms with Gasteiger partial charge in [0.05, 0.1) is 17.2 Å². The minimum atomic E-state index is -4.19. The third kappa shape index (κ3) is 6.69. The molecule has 202 valence electrons. The van der Waals surface area contributed by atoms with Gasteiger partial charge >= 0.3 is 0 Å². The van der Waals surface area contributed by atoms with Crippen LogP contribution in [0.4, 0.5) is 10.1 Å². The quantitative estimate of drug-likeness (QED) is 0.397. The first kappa shape index (κ1) is 28.6. The zero-order chi connectivity index (χ0) is 27.9. The maximum Gasteiger partial charge on any atom is 0.264 e. The van der Waals surface area contributed by atoms with E-state index in [1.807, 2.05) is 13.8 Å². The number of nitrogens with zero attached hydrogens (tertiary/aromatic N) is 2. The van der Waals surface area contributed by atoms with Crippen molar-refractivity contribution >= 4 is 27.5 Å². The zero-order valence-electron chi connectivity index (χ0n) is 21.8. The summed E-state index contributed by atoms with van der Waals surface area (Å²) in [5.41, 5.74) is 1.31. The summed E-state index contributed by atoms with van der Waals surface area (Å²) in [6.07, 6.45) is 0. The molecule has 0 heterocycles. The van der Waals surface area contributed by atoms with Crippen molar-refractivity contribution in [3.63, 3.8) is 0 Å². The standard InChI is InChI=1S/C28H32FN3O5S/c1-5-37-24-14-12-23(13-15-24)32(38(35,36)25-16-10-20(2)11-17-25)19-27(33)31(21(3)28(34)30-4)18-22-8-6-7-9-26(22)29/h6-17,21H,5,18-19H2,1-4H3,(H,30,34). The maximum absolute atomic E-state index is 14.5. The van der Waals surface area contributed by atoms with E-state index < -0.39 is 40.2 Å². The molecular weight excluding hydrogens is 509 g/mol. The molecule has 1 atom stereocenters. The number of aryl methyl sites for hydroxylation is 1. The van der Waals surface area contributed by atoms with E-state index in [1.54, 1.807) is 42.5 Å². The first-order chi connectivity index (χ1) is 18.1. The van der Waals surface area contributed by atoms with Gasteiger partial charge < -0.3 is 15.0 Å². The van der Waals surface area contributed by atoms with Gasteiger partial charge in [0.2, 0.25) is 11.8 Å². The Bertz CT molecular complexity index is 1360. The first-order valence-electron chi connectivity index (χ1n) is 12.1. The van der Waals surface area contributed by atoms with Crippen LogP contribution in [0.2, 0.25) is 0 Å². The lowest BCUT2D eigenvalue weighted by Crippen LogP contribution is -2.50. The van der Waals surface area contributed by atoms with Gasteiger partial charge in [-0.2, -0.15) is 0 Å². The summed E-state index contributed by atoms with van der Waals surface area (Å²) in [6.45, 7) is 4.78. The Morgan fingerprint density at radius 1 is 1.00 bits per heavy atom. The molecule has 0 aliphatic carbocycles. The number of sulfonamides is 1. The van der Waals surface area contributed by atoms with Crippen LogP contribution in [-0.4, -0.2) is 51.4 Å². The number of amides is 2. The lowest BCUT2D eigenvalue weighted by Gasteiger charge is -2.32. The fourth-order valence-corrected chi connectivity index (χ4v) is 5.26. The van der Waals surface area contributed by atoms with Gasteiger partial charge in [-0.15, -0.1) is 0 Å². The van der Waals surface area contributed by atoms with Crippen LogP contribution >= 0.6 is 0 Å². The topological polar surface area (TPSA) is 96.0 Å². The Morgan fingerprint density at radius 3 is 2.21 bits per heavy atom. The monoisotopic (exact) mass is 541 g/mol. The molecule has 3 aromatic rings. The predicted octanol–water partition coefficient (Wildman–Crippen LogP) is 3.89. The second-order valence-corrected chi connectivity index (χ2v) is 10.5. The number of halogens is 1. The molecule has 0 saturated carbocycles. The highest BCUT2D eigenvalue weighted by atomic mass is 32.2. The third-order valence-electron chi connectivity index (χ3n) is 6.04. The summed E-state index contributed by atoms with van der Waals surface area (Å²) in [5.74, 6) is -1.13. The van der Waals surface area contributed by atoms with Crippen molar-refractivity contribution in [3.05, 3.63) is 89.7 Å². The van der Waals surface area contributed by atoms with Crippen molar-refractivity contribution in [3.8, 4) is 5.75 Å². The summed E-state index contributed by atoms with van der Waals surface area (Å²) < 4.78 is 48.5. The van der Waals surface area contributed by atoms with Crippen LogP contribution < -0.4 is 14.4 Å². The fourth-order valence-electron chi connectivity index (χ4n) is 3.84. The molecule has 8 nitrogen and oxygen atoms in total. The van der Waals surface area contributed by atoms with E-state index >= 15 is 0 Å². The highest BCUT2D eigenvalue weighted by Gasteiger charge is 2.32. The van der Waals surface area contributed by atoms with Gasteiger partial charge in [-0.3, -0.25) is 13.9 Å².